The Kier molecular flexibility index (Phi) is 4.67. The van der Waals surface area contributed by atoms with Crippen LogP contribution < -0.4 is 4.74 Å². The first-order chi connectivity index (χ1) is 10.7. The minimum atomic E-state index is 0.0662. The van der Waals surface area contributed by atoms with E-state index in [0.717, 1.165) is 31.4 Å². The number of hydrogen-bond donors (Lipinski definition) is 0. The smallest absolute Gasteiger partial charge is 0.257 e. The minimum Gasteiger partial charge on any atom is -0.490 e. The lowest BCUT2D eigenvalue weighted by Gasteiger charge is -2.37. The molecule has 0 bridgehead atoms. The molecule has 120 valence electrons. The van der Waals surface area contributed by atoms with Crippen LogP contribution >= 0.6 is 0 Å². The Bertz CT molecular complexity index is 515. The van der Waals surface area contributed by atoms with Crippen molar-refractivity contribution in [3.63, 3.8) is 0 Å². The van der Waals surface area contributed by atoms with Crippen LogP contribution in [0.3, 0.4) is 0 Å². The number of hydrogen-bond acceptors (Lipinski definition) is 3. The lowest BCUT2D eigenvalue weighted by Crippen LogP contribution is -2.49. The number of morpholine rings is 1. The molecule has 1 amide bonds. The average Bonchev–Trinajstić information content (AvgIpc) is 3.38. The topological polar surface area (TPSA) is 38.8 Å². The molecule has 4 nitrogen and oxygen atoms in total. The zero-order valence-electron chi connectivity index (χ0n) is 13.5. The predicted octanol–water partition coefficient (Wildman–Crippen LogP) is 3.26. The van der Waals surface area contributed by atoms with Gasteiger partial charge in [-0.05, 0) is 37.8 Å². The van der Waals surface area contributed by atoms with E-state index in [1.165, 1.54) is 0 Å². The zero-order valence-corrected chi connectivity index (χ0v) is 13.5. The maximum absolute atomic E-state index is 12.9. The first kappa shape index (κ1) is 15.3. The number of rotatable bonds is 5. The summed E-state index contributed by atoms with van der Waals surface area (Å²) in [6.07, 6.45) is 4.62. The number of amides is 1. The monoisotopic (exact) mass is 303 g/mol. The fourth-order valence-corrected chi connectivity index (χ4v) is 2.82. The van der Waals surface area contributed by atoms with E-state index in [4.69, 9.17) is 9.47 Å². The maximum atomic E-state index is 12.9. The molecule has 1 aromatic carbocycles. The summed E-state index contributed by atoms with van der Waals surface area (Å²) < 4.78 is 11.9. The van der Waals surface area contributed by atoms with Gasteiger partial charge in [0.25, 0.3) is 5.91 Å². The molecule has 2 fully saturated rings. The lowest BCUT2D eigenvalue weighted by atomic mass is 10.1. The van der Waals surface area contributed by atoms with Gasteiger partial charge in [0, 0.05) is 13.1 Å². The van der Waals surface area contributed by atoms with Crippen molar-refractivity contribution in [3.05, 3.63) is 29.8 Å². The Morgan fingerprint density at radius 3 is 2.41 bits per heavy atom. The Morgan fingerprint density at radius 2 is 1.82 bits per heavy atom. The van der Waals surface area contributed by atoms with Gasteiger partial charge in [0.1, 0.15) is 5.75 Å². The Morgan fingerprint density at radius 1 is 1.18 bits per heavy atom. The molecule has 3 rings (SSSR count). The quantitative estimate of drug-likeness (QED) is 0.838. The normalized spacial score (nSPS) is 25.1. The lowest BCUT2D eigenvalue weighted by molar-refractivity contribution is -0.0773. The Hall–Kier alpha value is -1.55. The molecule has 0 aromatic heterocycles. The summed E-state index contributed by atoms with van der Waals surface area (Å²) in [5, 5.41) is 0. The number of nitrogens with zero attached hydrogens (tertiary/aromatic N) is 1. The molecule has 1 aliphatic carbocycles. The molecule has 1 saturated heterocycles. The molecular weight excluding hydrogens is 278 g/mol. The van der Waals surface area contributed by atoms with Gasteiger partial charge in [0.05, 0.1) is 23.9 Å². The van der Waals surface area contributed by atoms with Crippen LogP contribution in [0.2, 0.25) is 0 Å². The molecule has 2 aliphatic rings. The van der Waals surface area contributed by atoms with Gasteiger partial charge in [0.15, 0.2) is 0 Å². The van der Waals surface area contributed by atoms with E-state index < -0.39 is 0 Å². The van der Waals surface area contributed by atoms with Gasteiger partial charge in [-0.15, -0.1) is 0 Å². The van der Waals surface area contributed by atoms with Gasteiger partial charge in [-0.3, -0.25) is 4.79 Å². The van der Waals surface area contributed by atoms with Crippen molar-refractivity contribution in [2.45, 2.75) is 57.8 Å². The van der Waals surface area contributed by atoms with Crippen molar-refractivity contribution in [3.8, 4) is 5.75 Å². The van der Waals surface area contributed by atoms with Crippen LogP contribution in [0.25, 0.3) is 0 Å². The average molecular weight is 303 g/mol. The second kappa shape index (κ2) is 6.69. The van der Waals surface area contributed by atoms with Crippen molar-refractivity contribution >= 4 is 5.91 Å². The van der Waals surface area contributed by atoms with Gasteiger partial charge in [-0.2, -0.15) is 0 Å². The van der Waals surface area contributed by atoms with Gasteiger partial charge in [-0.1, -0.05) is 26.0 Å². The number of carbonyl (C=O) groups excluding carboxylic acids is 1. The van der Waals surface area contributed by atoms with Gasteiger partial charge in [0.2, 0.25) is 0 Å². The molecule has 1 saturated carbocycles. The highest BCUT2D eigenvalue weighted by atomic mass is 16.5. The van der Waals surface area contributed by atoms with Crippen LogP contribution in [0.5, 0.6) is 5.75 Å². The summed E-state index contributed by atoms with van der Waals surface area (Å²) in [5.41, 5.74) is 0.681. The van der Waals surface area contributed by atoms with Crippen molar-refractivity contribution in [1.29, 1.82) is 0 Å². The maximum Gasteiger partial charge on any atom is 0.257 e. The van der Waals surface area contributed by atoms with Crippen LogP contribution in [0.4, 0.5) is 0 Å². The number of para-hydroxylation sites is 1. The fraction of sp³-hybridized carbons (Fsp3) is 0.611. The molecule has 4 heteroatoms. The number of benzene rings is 1. The van der Waals surface area contributed by atoms with E-state index in [1.54, 1.807) is 0 Å². The molecule has 1 aromatic rings. The van der Waals surface area contributed by atoms with E-state index in [2.05, 4.69) is 13.8 Å². The van der Waals surface area contributed by atoms with Crippen LogP contribution in [0, 0.1) is 0 Å². The molecule has 0 radical (unpaired) electrons. The standard InChI is InChI=1S/C18H25NO3/c1-3-13-11-19(12-14(4-2)21-13)18(20)16-7-5-6-8-17(16)22-15-9-10-15/h5-8,13-15H,3-4,9-12H2,1-2H3. The van der Waals surface area contributed by atoms with E-state index in [0.29, 0.717) is 24.8 Å². The zero-order chi connectivity index (χ0) is 15.5. The van der Waals surface area contributed by atoms with E-state index in [1.807, 2.05) is 29.2 Å². The van der Waals surface area contributed by atoms with Crippen LogP contribution in [-0.4, -0.2) is 42.2 Å². The number of carbonyl (C=O) groups is 1. The molecule has 0 N–H and O–H groups in total. The summed E-state index contributed by atoms with van der Waals surface area (Å²) in [6.45, 7) is 5.55. The predicted molar refractivity (Wildman–Crippen MR) is 85.2 cm³/mol. The molecule has 0 spiro atoms. The van der Waals surface area contributed by atoms with Crippen molar-refractivity contribution in [1.82, 2.24) is 4.90 Å². The van der Waals surface area contributed by atoms with Crippen LogP contribution in [0.1, 0.15) is 49.9 Å². The van der Waals surface area contributed by atoms with Crippen LogP contribution in [0.15, 0.2) is 24.3 Å². The fourth-order valence-electron chi connectivity index (χ4n) is 2.82. The van der Waals surface area contributed by atoms with Gasteiger partial charge < -0.3 is 14.4 Å². The van der Waals surface area contributed by atoms with E-state index in [9.17, 15) is 4.79 Å². The highest BCUT2D eigenvalue weighted by Crippen LogP contribution is 2.30. The summed E-state index contributed by atoms with van der Waals surface area (Å²) in [5.74, 6) is 0.791. The molecular formula is C18H25NO3. The van der Waals surface area contributed by atoms with Crippen molar-refractivity contribution in [2.75, 3.05) is 13.1 Å². The first-order valence-electron chi connectivity index (χ1n) is 8.41. The minimum absolute atomic E-state index is 0.0662. The third-order valence-electron chi connectivity index (χ3n) is 4.37. The van der Waals surface area contributed by atoms with Gasteiger partial charge in [-0.25, -0.2) is 0 Å². The molecule has 22 heavy (non-hydrogen) atoms. The highest BCUT2D eigenvalue weighted by molar-refractivity contribution is 5.97. The Labute approximate surface area is 132 Å². The highest BCUT2D eigenvalue weighted by Gasteiger charge is 2.31. The molecule has 2 atom stereocenters. The first-order valence-corrected chi connectivity index (χ1v) is 8.41. The Balaban J connectivity index is 1.77. The third kappa shape index (κ3) is 3.43. The van der Waals surface area contributed by atoms with E-state index >= 15 is 0 Å². The third-order valence-corrected chi connectivity index (χ3v) is 4.37. The summed E-state index contributed by atoms with van der Waals surface area (Å²) in [6, 6.07) is 7.61. The largest absolute Gasteiger partial charge is 0.490 e. The summed E-state index contributed by atoms with van der Waals surface area (Å²) >= 11 is 0. The second-order valence-electron chi connectivity index (χ2n) is 6.22. The summed E-state index contributed by atoms with van der Waals surface area (Å²) in [7, 11) is 0. The molecule has 2 unspecified atom stereocenters. The van der Waals surface area contributed by atoms with Crippen LogP contribution in [-0.2, 0) is 4.74 Å². The molecule has 1 aliphatic heterocycles. The summed E-state index contributed by atoms with van der Waals surface area (Å²) in [4.78, 5) is 14.9. The van der Waals surface area contributed by atoms with E-state index in [-0.39, 0.29) is 18.1 Å². The SMILES string of the molecule is CCC1CN(C(=O)c2ccccc2OC2CC2)CC(CC)O1. The number of ether oxygens (including phenoxy) is 2. The van der Waals surface area contributed by atoms with Crippen molar-refractivity contribution in [2.24, 2.45) is 0 Å². The van der Waals surface area contributed by atoms with Crippen molar-refractivity contribution < 1.29 is 14.3 Å². The molecule has 1 heterocycles. The van der Waals surface area contributed by atoms with Gasteiger partial charge >= 0.3 is 0 Å². The second-order valence-corrected chi connectivity index (χ2v) is 6.22.